The Morgan fingerprint density at radius 3 is 2.00 bits per heavy atom. The molecule has 0 bridgehead atoms. The van der Waals surface area contributed by atoms with E-state index in [0.29, 0.717) is 26.1 Å². The van der Waals surface area contributed by atoms with Crippen molar-refractivity contribution in [2.75, 3.05) is 26.2 Å². The maximum Gasteiger partial charge on any atom is 0.242 e. The molecule has 2 aliphatic heterocycles. The summed E-state index contributed by atoms with van der Waals surface area (Å²) in [5.41, 5.74) is 7.21. The molecule has 2 aromatic carbocycles. The highest BCUT2D eigenvalue weighted by atomic mass is 16.2. The number of hydrogen-bond donors (Lipinski definition) is 1. The fourth-order valence-electron chi connectivity index (χ4n) is 4.49. The lowest BCUT2D eigenvalue weighted by atomic mass is 9.73. The van der Waals surface area contributed by atoms with Gasteiger partial charge in [0.1, 0.15) is 5.41 Å². The third kappa shape index (κ3) is 3.31. The normalized spacial score (nSPS) is 19.8. The van der Waals surface area contributed by atoms with E-state index in [1.54, 1.807) is 4.90 Å². The van der Waals surface area contributed by atoms with Crippen LogP contribution in [0.2, 0.25) is 0 Å². The number of likely N-dealkylation sites (tertiary alicyclic amines) is 2. The summed E-state index contributed by atoms with van der Waals surface area (Å²) in [7, 11) is 0. The molecular weight excluding hydrogens is 350 g/mol. The Bertz CT molecular complexity index is 790. The van der Waals surface area contributed by atoms with Gasteiger partial charge in [-0.25, -0.2) is 0 Å². The molecule has 0 spiro atoms. The highest BCUT2D eigenvalue weighted by Crippen LogP contribution is 2.41. The Labute approximate surface area is 166 Å². The van der Waals surface area contributed by atoms with Crippen molar-refractivity contribution in [2.45, 2.75) is 30.7 Å². The van der Waals surface area contributed by atoms with Gasteiger partial charge < -0.3 is 15.5 Å². The van der Waals surface area contributed by atoms with Gasteiger partial charge in [-0.05, 0) is 30.4 Å². The van der Waals surface area contributed by atoms with Crippen LogP contribution in [0.15, 0.2) is 60.7 Å². The summed E-state index contributed by atoms with van der Waals surface area (Å²) < 4.78 is 0. The summed E-state index contributed by atoms with van der Waals surface area (Å²) in [6.45, 7) is 2.10. The van der Waals surface area contributed by atoms with Gasteiger partial charge in [0, 0.05) is 25.7 Å². The molecule has 0 saturated carbocycles. The Balaban J connectivity index is 1.59. The summed E-state index contributed by atoms with van der Waals surface area (Å²) >= 11 is 0. The zero-order valence-corrected chi connectivity index (χ0v) is 16.1. The van der Waals surface area contributed by atoms with Crippen LogP contribution in [-0.2, 0) is 15.0 Å². The topological polar surface area (TPSA) is 66.6 Å². The predicted molar refractivity (Wildman–Crippen MR) is 109 cm³/mol. The number of nitrogens with zero attached hydrogens (tertiary/aromatic N) is 2. The Kier molecular flexibility index (Phi) is 5.18. The van der Waals surface area contributed by atoms with E-state index in [2.05, 4.69) is 0 Å². The van der Waals surface area contributed by atoms with Crippen molar-refractivity contribution in [1.29, 1.82) is 0 Å². The minimum absolute atomic E-state index is 0.0203. The van der Waals surface area contributed by atoms with Crippen LogP contribution in [-0.4, -0.2) is 53.8 Å². The minimum atomic E-state index is -0.715. The lowest BCUT2D eigenvalue weighted by Gasteiger charge is -2.32. The molecule has 0 atom stereocenters. The first-order valence-corrected chi connectivity index (χ1v) is 10.0. The Morgan fingerprint density at radius 1 is 0.929 bits per heavy atom. The number of amides is 2. The Hall–Kier alpha value is -2.66. The van der Waals surface area contributed by atoms with Crippen molar-refractivity contribution in [3.63, 3.8) is 0 Å². The molecule has 0 unspecified atom stereocenters. The summed E-state index contributed by atoms with van der Waals surface area (Å²) in [4.78, 5) is 30.0. The standard InChI is InChI=1S/C23H27N3O2/c24-20-11-14-25(15-12-20)21(27)17-26-16-13-23(22(26)28,18-7-3-1-4-8-18)19-9-5-2-6-10-19/h1-10,20H,11-17,24H2. The Morgan fingerprint density at radius 2 is 1.46 bits per heavy atom. The maximum atomic E-state index is 13.6. The van der Waals surface area contributed by atoms with Crippen LogP contribution in [0.5, 0.6) is 0 Å². The van der Waals surface area contributed by atoms with E-state index < -0.39 is 5.41 Å². The number of rotatable bonds is 4. The van der Waals surface area contributed by atoms with Crippen LogP contribution in [0.3, 0.4) is 0 Å². The van der Waals surface area contributed by atoms with Crippen molar-refractivity contribution < 1.29 is 9.59 Å². The van der Waals surface area contributed by atoms with Crippen molar-refractivity contribution in [2.24, 2.45) is 5.73 Å². The molecule has 2 amide bonds. The highest BCUT2D eigenvalue weighted by Gasteiger charge is 2.49. The number of carbonyl (C=O) groups excluding carboxylic acids is 2. The number of nitrogens with two attached hydrogens (primary N) is 1. The fraction of sp³-hybridized carbons (Fsp3) is 0.391. The lowest BCUT2D eigenvalue weighted by molar-refractivity contribution is -0.140. The quantitative estimate of drug-likeness (QED) is 0.888. The second-order valence-corrected chi connectivity index (χ2v) is 7.83. The molecule has 0 aliphatic carbocycles. The van der Waals surface area contributed by atoms with Crippen molar-refractivity contribution in [3.05, 3.63) is 71.8 Å². The van der Waals surface area contributed by atoms with Crippen LogP contribution in [0.4, 0.5) is 0 Å². The van der Waals surface area contributed by atoms with E-state index in [-0.39, 0.29) is 24.4 Å². The van der Waals surface area contributed by atoms with Crippen molar-refractivity contribution in [1.82, 2.24) is 9.80 Å². The minimum Gasteiger partial charge on any atom is -0.341 e. The maximum absolute atomic E-state index is 13.6. The zero-order chi connectivity index (χ0) is 19.6. The van der Waals surface area contributed by atoms with Crippen LogP contribution in [0.1, 0.15) is 30.4 Å². The van der Waals surface area contributed by atoms with Gasteiger partial charge in [0.25, 0.3) is 0 Å². The van der Waals surface area contributed by atoms with Gasteiger partial charge in [-0.2, -0.15) is 0 Å². The van der Waals surface area contributed by atoms with Crippen molar-refractivity contribution in [3.8, 4) is 0 Å². The lowest BCUT2D eigenvalue weighted by Crippen LogP contribution is -2.48. The second kappa shape index (κ2) is 7.76. The first-order chi connectivity index (χ1) is 13.6. The van der Waals surface area contributed by atoms with E-state index >= 15 is 0 Å². The largest absolute Gasteiger partial charge is 0.341 e. The summed E-state index contributed by atoms with van der Waals surface area (Å²) in [6, 6.07) is 20.1. The third-order valence-electron chi connectivity index (χ3n) is 6.16. The molecule has 2 N–H and O–H groups in total. The monoisotopic (exact) mass is 377 g/mol. The molecule has 2 saturated heterocycles. The molecule has 2 heterocycles. The van der Waals surface area contributed by atoms with E-state index in [4.69, 9.17) is 5.73 Å². The fourth-order valence-corrected chi connectivity index (χ4v) is 4.49. The molecule has 5 nitrogen and oxygen atoms in total. The number of benzene rings is 2. The molecule has 2 aliphatic rings. The summed E-state index contributed by atoms with van der Waals surface area (Å²) in [5, 5.41) is 0. The first-order valence-electron chi connectivity index (χ1n) is 10.0. The number of carbonyl (C=O) groups is 2. The van der Waals surface area contributed by atoms with E-state index in [9.17, 15) is 9.59 Å². The molecule has 5 heteroatoms. The molecule has 0 radical (unpaired) electrons. The smallest absolute Gasteiger partial charge is 0.242 e. The van der Waals surface area contributed by atoms with Gasteiger partial charge in [-0.1, -0.05) is 60.7 Å². The van der Waals surface area contributed by atoms with Crippen molar-refractivity contribution >= 4 is 11.8 Å². The molecule has 28 heavy (non-hydrogen) atoms. The van der Waals surface area contributed by atoms with Gasteiger partial charge in [0.15, 0.2) is 0 Å². The molecule has 146 valence electrons. The summed E-state index contributed by atoms with van der Waals surface area (Å²) in [6.07, 6.45) is 2.34. The summed E-state index contributed by atoms with van der Waals surface area (Å²) in [5.74, 6) is 0.0455. The molecular formula is C23H27N3O2. The van der Waals surface area contributed by atoms with Crippen LogP contribution < -0.4 is 5.73 Å². The van der Waals surface area contributed by atoms with Gasteiger partial charge >= 0.3 is 0 Å². The second-order valence-electron chi connectivity index (χ2n) is 7.83. The highest BCUT2D eigenvalue weighted by molar-refractivity contribution is 5.96. The molecule has 2 fully saturated rings. The molecule has 0 aromatic heterocycles. The predicted octanol–water partition coefficient (Wildman–Crippen LogP) is 2.15. The zero-order valence-electron chi connectivity index (χ0n) is 16.1. The van der Waals surface area contributed by atoms with Gasteiger partial charge in [-0.15, -0.1) is 0 Å². The van der Waals surface area contributed by atoms with E-state index in [0.717, 1.165) is 24.0 Å². The SMILES string of the molecule is NC1CCN(C(=O)CN2CCC(c3ccccc3)(c3ccccc3)C2=O)CC1. The van der Waals surface area contributed by atoms with Crippen LogP contribution in [0.25, 0.3) is 0 Å². The number of hydrogen-bond acceptors (Lipinski definition) is 3. The average Bonchev–Trinajstić information content (AvgIpc) is 3.07. The number of piperidine rings is 1. The average molecular weight is 377 g/mol. The van der Waals surface area contributed by atoms with Crippen LogP contribution >= 0.6 is 0 Å². The third-order valence-corrected chi connectivity index (χ3v) is 6.16. The first kappa shape index (κ1) is 18.7. The van der Waals surface area contributed by atoms with E-state index in [1.165, 1.54) is 0 Å². The van der Waals surface area contributed by atoms with Crippen LogP contribution in [0, 0.1) is 0 Å². The van der Waals surface area contributed by atoms with Gasteiger partial charge in [0.05, 0.1) is 6.54 Å². The molecule has 4 rings (SSSR count). The van der Waals surface area contributed by atoms with E-state index in [1.807, 2.05) is 65.6 Å². The molecule has 2 aromatic rings. The van der Waals surface area contributed by atoms with Gasteiger partial charge in [-0.3, -0.25) is 9.59 Å². The van der Waals surface area contributed by atoms with Gasteiger partial charge in [0.2, 0.25) is 11.8 Å².